The fourth-order valence-electron chi connectivity index (χ4n) is 24.9. The van der Waals surface area contributed by atoms with Crippen molar-refractivity contribution in [1.29, 1.82) is 0 Å². The standard InChI is InChI=1S/C76H44S2Se.C64H38N2Se/c1-3-16-45(17-4-1)47-30-35-67-62(40-47)64-42-49(32-37-69(64)77-67)72-52-20-7-9-22-54(52)74(55-23-10-8-21-53(55)72)51-34-39-71-66(44-51)60-28-15-29-61(76(60)79-71)75-58-26-13-11-24-56(58)73(57-25-12-14-27-59(57)75)50-33-38-70-65(43-50)63-41-48(31-36-68(63)78-70)46-18-5-2-6-19-46;1-5-26-48-44(22-1)60(45-23-2-6-27-49(45)62(48)65-55-32-13-9-18-40(55)41-19-10-14-33-56(41)65)39-36-37-59-54(38-39)52-30-17-31-53(64(52)67-59)61-46-24-3-7-28-50(46)63(51-29-8-4-25-47(51)61)66-57-34-15-11-20-42(57)43-21-12-16-35-58(43)66/h1-44H;1-38H. The van der Waals surface area contributed by atoms with E-state index in [-0.39, 0.29) is 29.0 Å². The van der Waals surface area contributed by atoms with Crippen molar-refractivity contribution in [3.63, 3.8) is 0 Å². The van der Waals surface area contributed by atoms with E-state index in [2.05, 4.69) is 507 Å². The SMILES string of the molecule is c1ccc(-c2ccc3sc4ccc(-c5c6ccccc6c(-c6ccc7[se]c8c(-c9c%10ccccc%10c(-c%10ccc%11sc%12ccc(-c%13ccccc%13)cc%12c%11c%10)c%10ccccc9%10)cccc8c7c6)c6ccccc56)cc4c3c2)cc1.c1ccc2c(-n3c4ccccc4c4ccccc43)c3ccccc3c(-c3ccc4[se]c5c(-c6c7ccccc7c(-n7c8ccccc8c8ccccc87)c7ccccc67)cccc5c4c3)c2c1. The molecule has 0 radical (unpaired) electrons. The van der Waals surface area contributed by atoms with Gasteiger partial charge in [0.1, 0.15) is 0 Å². The predicted octanol–water partition coefficient (Wildman–Crippen LogP) is 39.6. The molecule has 0 N–H and O–H groups in total. The number of benzene rings is 26. The van der Waals surface area contributed by atoms with Crippen LogP contribution in [0.1, 0.15) is 0 Å². The summed E-state index contributed by atoms with van der Waals surface area (Å²) in [5, 5.41) is 36.1. The van der Waals surface area contributed by atoms with Gasteiger partial charge in [-0.15, -0.1) is 11.3 Å². The molecule has 2 nitrogen and oxygen atoms in total. The Kier molecular flexibility index (Phi) is 19.0. The maximum atomic E-state index is 2.51. The van der Waals surface area contributed by atoms with Gasteiger partial charge in [0.05, 0.1) is 0 Å². The Bertz CT molecular complexity index is 10900. The van der Waals surface area contributed by atoms with E-state index in [9.17, 15) is 0 Å². The minimum atomic E-state index is 0.102. The van der Waals surface area contributed by atoms with Crippen molar-refractivity contribution in [3.05, 3.63) is 497 Å². The molecule has 0 fully saturated rings. The van der Waals surface area contributed by atoms with Crippen LogP contribution >= 0.6 is 22.7 Å². The van der Waals surface area contributed by atoms with Crippen LogP contribution in [0.5, 0.6) is 0 Å². The molecule has 0 atom stereocenters. The summed E-state index contributed by atoms with van der Waals surface area (Å²) in [6.07, 6.45) is 0. The van der Waals surface area contributed by atoms with E-state index in [1.807, 2.05) is 22.7 Å². The number of hydrogen-bond acceptors (Lipinski definition) is 2. The van der Waals surface area contributed by atoms with Crippen LogP contribution in [0.15, 0.2) is 497 Å². The first kappa shape index (κ1) is 83.5. The van der Waals surface area contributed by atoms with Crippen molar-refractivity contribution in [3.8, 4) is 100 Å². The zero-order chi connectivity index (χ0) is 95.5. The number of fused-ring (bicyclic) bond motifs is 26. The summed E-state index contributed by atoms with van der Waals surface area (Å²) in [6, 6.07) is 187. The molecule has 26 aromatic carbocycles. The van der Waals surface area contributed by atoms with Crippen LogP contribution in [0.3, 0.4) is 0 Å². The van der Waals surface area contributed by atoms with Gasteiger partial charge in [0.15, 0.2) is 0 Å². The molecule has 0 saturated heterocycles. The topological polar surface area (TPSA) is 9.86 Å². The van der Waals surface area contributed by atoms with E-state index in [0.29, 0.717) is 0 Å². The van der Waals surface area contributed by atoms with Crippen molar-refractivity contribution >= 4 is 260 Å². The average molecular weight is 2010 g/mol. The van der Waals surface area contributed by atoms with E-state index in [1.54, 1.807) is 0 Å². The molecule has 0 aliphatic rings. The van der Waals surface area contributed by atoms with Crippen LogP contribution < -0.4 is 0 Å². The fraction of sp³-hybridized carbons (Fsp3) is 0. The molecule has 6 aromatic heterocycles. The third-order valence-electron chi connectivity index (χ3n) is 31.1. The number of rotatable bonds is 10. The zero-order valence-electron chi connectivity index (χ0n) is 78.9. The summed E-state index contributed by atoms with van der Waals surface area (Å²) in [4.78, 5) is 0. The molecule has 0 bridgehead atoms. The van der Waals surface area contributed by atoms with Crippen molar-refractivity contribution in [2.75, 3.05) is 0 Å². The average Bonchev–Trinajstić information content (AvgIpc) is 1.49. The molecule has 32 aromatic rings. The summed E-state index contributed by atoms with van der Waals surface area (Å²) in [5.41, 5.74) is 27.8. The van der Waals surface area contributed by atoms with E-state index in [1.165, 1.54) is 309 Å². The van der Waals surface area contributed by atoms with Gasteiger partial charge in [0.2, 0.25) is 0 Å². The predicted molar refractivity (Wildman–Crippen MR) is 635 cm³/mol. The molecule has 146 heavy (non-hydrogen) atoms. The van der Waals surface area contributed by atoms with Gasteiger partial charge < -0.3 is 0 Å². The Balaban J connectivity index is 0.000000134. The molecule has 6 heterocycles. The van der Waals surface area contributed by atoms with Gasteiger partial charge in [0, 0.05) is 4.70 Å². The summed E-state index contributed by atoms with van der Waals surface area (Å²) in [7, 11) is 0. The molecular formula is C140H82N2S2Se2. The first-order chi connectivity index (χ1) is 72.5. The maximum absolute atomic E-state index is 2.51. The molecule has 0 amide bonds. The van der Waals surface area contributed by atoms with Crippen LogP contribution in [0.25, 0.3) is 309 Å². The van der Waals surface area contributed by atoms with Crippen LogP contribution in [0.2, 0.25) is 0 Å². The molecule has 0 unspecified atom stereocenters. The summed E-state index contributed by atoms with van der Waals surface area (Å²) < 4.78 is 16.1. The second kappa shape index (κ2) is 33.2. The quantitative estimate of drug-likeness (QED) is 0.0954. The Hall–Kier alpha value is -17.1. The molecule has 676 valence electrons. The van der Waals surface area contributed by atoms with Crippen LogP contribution in [-0.2, 0) is 0 Å². The summed E-state index contributed by atoms with van der Waals surface area (Å²) in [6.45, 7) is 0. The zero-order valence-corrected chi connectivity index (χ0v) is 83.9. The molecule has 0 aliphatic heterocycles. The minimum absolute atomic E-state index is 0.102. The Morgan fingerprint density at radius 1 is 0.137 bits per heavy atom. The number of thiophene rings is 2. The first-order valence-corrected chi connectivity index (χ1v) is 55.2. The number of para-hydroxylation sites is 4. The normalized spacial score (nSPS) is 12.1. The Morgan fingerprint density at radius 2 is 0.349 bits per heavy atom. The van der Waals surface area contributed by atoms with E-state index in [0.717, 1.165) is 0 Å². The molecule has 6 heteroatoms. The van der Waals surface area contributed by atoms with E-state index >= 15 is 0 Å². The van der Waals surface area contributed by atoms with Crippen molar-refractivity contribution in [2.45, 2.75) is 0 Å². The third kappa shape index (κ3) is 12.8. The molecular weight excluding hydrogens is 1930 g/mol. The van der Waals surface area contributed by atoms with Crippen LogP contribution in [0.4, 0.5) is 0 Å². The summed E-state index contributed by atoms with van der Waals surface area (Å²) in [5.74, 6) is 0. The van der Waals surface area contributed by atoms with Crippen molar-refractivity contribution in [1.82, 2.24) is 9.13 Å². The Morgan fingerprint density at radius 3 is 0.644 bits per heavy atom. The molecule has 32 rings (SSSR count). The van der Waals surface area contributed by atoms with Crippen LogP contribution in [-0.4, -0.2) is 38.1 Å². The second-order valence-electron chi connectivity index (χ2n) is 38.8. The Labute approximate surface area is 859 Å². The van der Waals surface area contributed by atoms with Gasteiger partial charge >= 0.3 is 738 Å². The number of hydrogen-bond donors (Lipinski definition) is 0. The molecule has 0 saturated carbocycles. The van der Waals surface area contributed by atoms with Gasteiger partial charge in [0.25, 0.3) is 0 Å². The van der Waals surface area contributed by atoms with Crippen LogP contribution in [0, 0.1) is 0 Å². The monoisotopic (exact) mass is 2010 g/mol. The third-order valence-corrected chi connectivity index (χ3v) is 38.5. The van der Waals surface area contributed by atoms with Crippen molar-refractivity contribution in [2.24, 2.45) is 0 Å². The first-order valence-electron chi connectivity index (χ1n) is 50.1. The van der Waals surface area contributed by atoms with E-state index < -0.39 is 0 Å². The van der Waals surface area contributed by atoms with Gasteiger partial charge in [-0.25, -0.2) is 0 Å². The summed E-state index contributed by atoms with van der Waals surface area (Å²) >= 11 is 3.98. The molecule has 0 spiro atoms. The molecule has 0 aliphatic carbocycles. The number of aromatic nitrogens is 2. The number of nitrogens with zero attached hydrogens (tertiary/aromatic N) is 2. The fourth-order valence-corrected chi connectivity index (χ4v) is 32.1. The van der Waals surface area contributed by atoms with Gasteiger partial charge in [-0.1, -0.05) is 84.9 Å². The van der Waals surface area contributed by atoms with Gasteiger partial charge in [-0.2, -0.15) is 0 Å². The van der Waals surface area contributed by atoms with Crippen molar-refractivity contribution < 1.29 is 0 Å². The van der Waals surface area contributed by atoms with Gasteiger partial charge in [-0.05, 0) is 28.8 Å². The second-order valence-corrected chi connectivity index (χ2v) is 45.4. The van der Waals surface area contributed by atoms with E-state index in [4.69, 9.17) is 0 Å². The van der Waals surface area contributed by atoms with Gasteiger partial charge in [-0.3, -0.25) is 0 Å².